The lowest BCUT2D eigenvalue weighted by Crippen LogP contribution is -2.34. The van der Waals surface area contributed by atoms with E-state index in [0.717, 1.165) is 0 Å². The lowest BCUT2D eigenvalue weighted by Gasteiger charge is -2.26. The van der Waals surface area contributed by atoms with Gasteiger partial charge in [0.05, 0.1) is 13.2 Å². The molecule has 2 rings (SSSR count). The maximum atomic E-state index is 11.4. The zero-order chi connectivity index (χ0) is 12.5. The van der Waals surface area contributed by atoms with E-state index < -0.39 is 19.4 Å². The smallest absolute Gasteiger partial charge is 0.353 e. The van der Waals surface area contributed by atoms with E-state index in [1.165, 1.54) is 16.8 Å². The summed E-state index contributed by atoms with van der Waals surface area (Å²) >= 11 is 0. The highest BCUT2D eigenvalue weighted by Gasteiger charge is 2.29. The van der Waals surface area contributed by atoms with Gasteiger partial charge in [-0.3, -0.25) is 9.13 Å². The second-order valence-corrected chi connectivity index (χ2v) is 5.43. The van der Waals surface area contributed by atoms with Crippen LogP contribution in [0.2, 0.25) is 0 Å². The molecule has 2 atom stereocenters. The van der Waals surface area contributed by atoms with Crippen molar-refractivity contribution in [3.8, 4) is 0 Å². The van der Waals surface area contributed by atoms with E-state index in [-0.39, 0.29) is 25.3 Å². The second-order valence-electron chi connectivity index (χ2n) is 3.64. The van der Waals surface area contributed by atoms with E-state index in [1.807, 2.05) is 0 Å². The van der Waals surface area contributed by atoms with Crippen LogP contribution < -0.4 is 11.4 Å². The van der Waals surface area contributed by atoms with Crippen molar-refractivity contribution in [3.05, 3.63) is 22.7 Å². The van der Waals surface area contributed by atoms with Gasteiger partial charge in [0.25, 0.3) is 0 Å². The van der Waals surface area contributed by atoms with Crippen LogP contribution in [0.5, 0.6) is 0 Å². The lowest BCUT2D eigenvalue weighted by molar-refractivity contribution is -0.00859. The minimum atomic E-state index is -3.59. The number of aromatic nitrogens is 2. The molecule has 0 radical (unpaired) electrons. The van der Waals surface area contributed by atoms with Gasteiger partial charge in [0.1, 0.15) is 18.3 Å². The summed E-state index contributed by atoms with van der Waals surface area (Å²) in [5.41, 5.74) is 4.85. The zero-order valence-electron chi connectivity index (χ0n) is 8.85. The summed E-state index contributed by atoms with van der Waals surface area (Å²) in [6.45, 7) is 0.163. The summed E-state index contributed by atoms with van der Waals surface area (Å²) in [5.74, 6) is 0.145. The SMILES string of the molecule is Nc1ccn(C[C@@H]2COP(=O)(O)CO2)c(=O)n1. The van der Waals surface area contributed by atoms with Crippen LogP contribution in [0.25, 0.3) is 0 Å². The Bertz CT molecular complexity index is 504. The molecule has 0 amide bonds. The molecule has 0 aromatic carbocycles. The first-order chi connectivity index (χ1) is 7.96. The van der Waals surface area contributed by atoms with Gasteiger partial charge in [-0.05, 0) is 6.07 Å². The molecule has 0 spiro atoms. The largest absolute Gasteiger partial charge is 0.383 e. The number of ether oxygens (including phenoxy) is 1. The Labute approximate surface area is 96.5 Å². The predicted molar refractivity (Wildman–Crippen MR) is 58.4 cm³/mol. The summed E-state index contributed by atoms with van der Waals surface area (Å²) in [4.78, 5) is 24.0. The molecule has 8 nitrogen and oxygen atoms in total. The van der Waals surface area contributed by atoms with Crippen LogP contribution in [0.4, 0.5) is 5.82 Å². The van der Waals surface area contributed by atoms with Crippen molar-refractivity contribution in [2.75, 3.05) is 18.7 Å². The van der Waals surface area contributed by atoms with Gasteiger partial charge < -0.3 is 19.9 Å². The zero-order valence-corrected chi connectivity index (χ0v) is 9.75. The van der Waals surface area contributed by atoms with Gasteiger partial charge in [-0.15, -0.1) is 0 Å². The number of nitrogens with two attached hydrogens (primary N) is 1. The topological polar surface area (TPSA) is 117 Å². The van der Waals surface area contributed by atoms with Crippen molar-refractivity contribution < 1.29 is 18.7 Å². The summed E-state index contributed by atoms with van der Waals surface area (Å²) in [7, 11) is -3.59. The number of anilines is 1. The van der Waals surface area contributed by atoms with Crippen LogP contribution in [0.1, 0.15) is 0 Å². The van der Waals surface area contributed by atoms with Crippen molar-refractivity contribution >= 4 is 13.4 Å². The number of rotatable bonds is 2. The molecule has 0 saturated carbocycles. The summed E-state index contributed by atoms with van der Waals surface area (Å²) in [6.07, 6.45) is 0.669. The van der Waals surface area contributed by atoms with Crippen molar-refractivity contribution in [3.63, 3.8) is 0 Å². The minimum Gasteiger partial charge on any atom is -0.383 e. The monoisotopic (exact) mass is 261 g/mol. The molecule has 1 aromatic heterocycles. The molecule has 1 aromatic rings. The van der Waals surface area contributed by atoms with Crippen molar-refractivity contribution in [2.24, 2.45) is 0 Å². The number of hydrogen-bond acceptors (Lipinski definition) is 6. The molecular formula is C8H12N3O5P. The van der Waals surface area contributed by atoms with Gasteiger partial charge in [0.2, 0.25) is 0 Å². The Morgan fingerprint density at radius 2 is 2.47 bits per heavy atom. The van der Waals surface area contributed by atoms with E-state index in [2.05, 4.69) is 4.98 Å². The molecule has 2 heterocycles. The minimum absolute atomic E-state index is 0.0371. The summed E-state index contributed by atoms with van der Waals surface area (Å²) in [5, 5.41) is 0. The van der Waals surface area contributed by atoms with Gasteiger partial charge in [0, 0.05) is 6.20 Å². The molecule has 9 heteroatoms. The average molecular weight is 261 g/mol. The van der Waals surface area contributed by atoms with Gasteiger partial charge in [-0.2, -0.15) is 4.98 Å². The molecule has 1 aliphatic heterocycles. The predicted octanol–water partition coefficient (Wildman–Crippen LogP) is -0.616. The first kappa shape index (κ1) is 12.3. The second kappa shape index (κ2) is 4.58. The molecule has 1 fully saturated rings. The van der Waals surface area contributed by atoms with Crippen LogP contribution in [-0.4, -0.2) is 33.5 Å². The molecule has 0 aliphatic carbocycles. The van der Waals surface area contributed by atoms with Crippen LogP contribution in [0, 0.1) is 0 Å². The van der Waals surface area contributed by atoms with Crippen molar-refractivity contribution in [1.29, 1.82) is 0 Å². The average Bonchev–Trinajstić information content (AvgIpc) is 2.25. The Kier molecular flexibility index (Phi) is 3.30. The van der Waals surface area contributed by atoms with E-state index in [0.29, 0.717) is 0 Å². The molecular weight excluding hydrogens is 249 g/mol. The Morgan fingerprint density at radius 1 is 1.71 bits per heavy atom. The Morgan fingerprint density at radius 3 is 3.06 bits per heavy atom. The highest BCUT2D eigenvalue weighted by atomic mass is 31.2. The maximum absolute atomic E-state index is 11.4. The van der Waals surface area contributed by atoms with E-state index >= 15 is 0 Å². The van der Waals surface area contributed by atoms with E-state index in [4.69, 9.17) is 19.9 Å². The molecule has 1 unspecified atom stereocenters. The van der Waals surface area contributed by atoms with Crippen LogP contribution in [0.3, 0.4) is 0 Å². The molecule has 94 valence electrons. The highest BCUT2D eigenvalue weighted by Crippen LogP contribution is 2.44. The Hall–Kier alpha value is -1.21. The van der Waals surface area contributed by atoms with Gasteiger partial charge in [0.15, 0.2) is 0 Å². The van der Waals surface area contributed by atoms with E-state index in [1.54, 1.807) is 0 Å². The van der Waals surface area contributed by atoms with Crippen LogP contribution >= 0.6 is 7.60 Å². The normalized spacial score (nSPS) is 29.1. The third-order valence-electron chi connectivity index (χ3n) is 2.23. The van der Waals surface area contributed by atoms with Gasteiger partial charge in [-0.25, -0.2) is 4.79 Å². The maximum Gasteiger partial charge on any atom is 0.353 e. The van der Waals surface area contributed by atoms with Gasteiger partial charge >= 0.3 is 13.3 Å². The summed E-state index contributed by atoms with van der Waals surface area (Å²) < 4.78 is 22.2. The number of nitrogens with zero attached hydrogens (tertiary/aromatic N) is 2. The fraction of sp³-hybridized carbons (Fsp3) is 0.500. The van der Waals surface area contributed by atoms with Crippen LogP contribution in [0.15, 0.2) is 17.1 Å². The number of hydrogen-bond donors (Lipinski definition) is 2. The third-order valence-corrected chi connectivity index (χ3v) is 3.26. The number of nitrogen functional groups attached to an aromatic ring is 1. The fourth-order valence-electron chi connectivity index (χ4n) is 1.39. The molecule has 1 aliphatic rings. The van der Waals surface area contributed by atoms with Crippen molar-refractivity contribution in [2.45, 2.75) is 12.6 Å². The van der Waals surface area contributed by atoms with Crippen LogP contribution in [-0.2, 0) is 20.4 Å². The lowest BCUT2D eigenvalue weighted by atomic mass is 10.3. The van der Waals surface area contributed by atoms with E-state index in [9.17, 15) is 9.36 Å². The molecule has 0 bridgehead atoms. The standard InChI is InChI=1S/C8H12N3O5P/c9-7-1-2-11(8(12)10-7)3-6-4-16-17(13,14)5-15-6/h1-2,6H,3-5H2,(H,13,14)(H2,9,10,12)/t6-/m1/s1. The quantitative estimate of drug-likeness (QED) is 0.681. The first-order valence-corrected chi connectivity index (χ1v) is 6.63. The molecule has 17 heavy (non-hydrogen) atoms. The van der Waals surface area contributed by atoms with Crippen molar-refractivity contribution in [1.82, 2.24) is 9.55 Å². The highest BCUT2D eigenvalue weighted by molar-refractivity contribution is 7.52. The first-order valence-electron chi connectivity index (χ1n) is 4.87. The fourth-order valence-corrected chi connectivity index (χ4v) is 2.26. The third kappa shape index (κ3) is 3.13. The van der Waals surface area contributed by atoms with Gasteiger partial charge in [-0.1, -0.05) is 0 Å². The summed E-state index contributed by atoms with van der Waals surface area (Å²) in [6, 6.07) is 1.49. The Balaban J connectivity index is 2.03. The molecule has 1 saturated heterocycles. The molecule has 3 N–H and O–H groups in total.